The van der Waals surface area contributed by atoms with Crippen LogP contribution < -0.4 is 4.90 Å². The van der Waals surface area contributed by atoms with E-state index >= 15 is 0 Å². The Labute approximate surface area is 184 Å². The minimum atomic E-state index is 0.0718. The molecule has 0 spiro atoms. The standard InChI is InChI=1S/C29H25NO/c1-22-8-10-24(11-9-22)12-13-25-14-18-28(19-15-25)30(27-6-4-3-5-7-27)29-20-16-26(17-21-29)23(2)31/h3-21H,1-2H3. The maximum atomic E-state index is 11.7. The van der Waals surface area contributed by atoms with Crippen molar-refractivity contribution in [1.29, 1.82) is 0 Å². The fraction of sp³-hybridized carbons (Fsp3) is 0.0690. The first kappa shape index (κ1) is 20.4. The van der Waals surface area contributed by atoms with Gasteiger partial charge in [0.2, 0.25) is 0 Å². The summed E-state index contributed by atoms with van der Waals surface area (Å²) in [6, 6.07) is 35.0. The molecule has 4 aromatic rings. The monoisotopic (exact) mass is 403 g/mol. The Hall–Kier alpha value is -3.91. The van der Waals surface area contributed by atoms with Gasteiger partial charge in [-0.1, -0.05) is 72.3 Å². The molecule has 0 N–H and O–H groups in total. The van der Waals surface area contributed by atoms with Crippen molar-refractivity contribution >= 4 is 35.0 Å². The lowest BCUT2D eigenvalue weighted by Crippen LogP contribution is -2.10. The highest BCUT2D eigenvalue weighted by Crippen LogP contribution is 2.34. The number of aryl methyl sites for hydroxylation is 1. The number of nitrogens with zero attached hydrogens (tertiary/aromatic N) is 1. The molecule has 0 heterocycles. The first-order chi connectivity index (χ1) is 15.1. The maximum Gasteiger partial charge on any atom is 0.159 e. The molecular weight excluding hydrogens is 378 g/mol. The SMILES string of the molecule is CC(=O)c1ccc(N(c2ccccc2)c2ccc(C=Cc3ccc(C)cc3)cc2)cc1. The third kappa shape index (κ3) is 4.99. The van der Waals surface area contributed by atoms with E-state index in [1.165, 1.54) is 11.1 Å². The smallest absolute Gasteiger partial charge is 0.159 e. The zero-order valence-corrected chi connectivity index (χ0v) is 17.8. The highest BCUT2D eigenvalue weighted by Gasteiger charge is 2.12. The van der Waals surface area contributed by atoms with Crippen LogP contribution in [0.2, 0.25) is 0 Å². The van der Waals surface area contributed by atoms with Crippen LogP contribution in [-0.2, 0) is 0 Å². The summed E-state index contributed by atoms with van der Waals surface area (Å²) in [7, 11) is 0. The number of anilines is 3. The number of Topliss-reactive ketones (excluding diaryl/α,β-unsaturated/α-hetero) is 1. The molecule has 0 saturated carbocycles. The summed E-state index contributed by atoms with van der Waals surface area (Å²) in [6.45, 7) is 3.69. The zero-order valence-electron chi connectivity index (χ0n) is 17.8. The number of rotatable bonds is 6. The van der Waals surface area contributed by atoms with Crippen LogP contribution in [0.1, 0.15) is 34.0 Å². The van der Waals surface area contributed by atoms with Gasteiger partial charge >= 0.3 is 0 Å². The van der Waals surface area contributed by atoms with E-state index in [0.717, 1.165) is 22.6 Å². The number of ketones is 1. The van der Waals surface area contributed by atoms with Crippen molar-refractivity contribution < 1.29 is 4.79 Å². The molecule has 4 rings (SSSR count). The summed E-state index contributed by atoms with van der Waals surface area (Å²) in [5.74, 6) is 0.0718. The molecule has 0 fully saturated rings. The van der Waals surface area contributed by atoms with Crippen molar-refractivity contribution in [3.63, 3.8) is 0 Å². The summed E-state index contributed by atoms with van der Waals surface area (Å²) in [6.07, 6.45) is 4.26. The molecule has 0 aromatic heterocycles. The second-order valence-electron chi connectivity index (χ2n) is 7.61. The third-order valence-electron chi connectivity index (χ3n) is 5.24. The highest BCUT2D eigenvalue weighted by atomic mass is 16.1. The Morgan fingerprint density at radius 1 is 0.613 bits per heavy atom. The molecule has 2 nitrogen and oxygen atoms in total. The zero-order chi connectivity index (χ0) is 21.6. The van der Waals surface area contributed by atoms with E-state index in [1.807, 2.05) is 42.5 Å². The van der Waals surface area contributed by atoms with E-state index < -0.39 is 0 Å². The van der Waals surface area contributed by atoms with Crippen LogP contribution in [0.4, 0.5) is 17.1 Å². The molecule has 0 aliphatic rings. The fourth-order valence-corrected chi connectivity index (χ4v) is 3.47. The summed E-state index contributed by atoms with van der Waals surface area (Å²) >= 11 is 0. The van der Waals surface area contributed by atoms with E-state index in [1.54, 1.807) is 6.92 Å². The molecule has 0 amide bonds. The number of hydrogen-bond donors (Lipinski definition) is 0. The maximum absolute atomic E-state index is 11.7. The Balaban J connectivity index is 1.64. The lowest BCUT2D eigenvalue weighted by Gasteiger charge is -2.25. The average molecular weight is 404 g/mol. The lowest BCUT2D eigenvalue weighted by molar-refractivity contribution is 0.101. The van der Waals surface area contributed by atoms with Crippen molar-refractivity contribution in [2.45, 2.75) is 13.8 Å². The molecule has 152 valence electrons. The van der Waals surface area contributed by atoms with Crippen molar-refractivity contribution in [2.75, 3.05) is 4.90 Å². The largest absolute Gasteiger partial charge is 0.311 e. The molecule has 0 aliphatic carbocycles. The second-order valence-corrected chi connectivity index (χ2v) is 7.61. The molecule has 0 radical (unpaired) electrons. The molecule has 31 heavy (non-hydrogen) atoms. The Morgan fingerprint density at radius 2 is 1.06 bits per heavy atom. The highest BCUT2D eigenvalue weighted by molar-refractivity contribution is 5.94. The van der Waals surface area contributed by atoms with E-state index in [-0.39, 0.29) is 5.78 Å². The first-order valence-corrected chi connectivity index (χ1v) is 10.4. The molecule has 0 atom stereocenters. The van der Waals surface area contributed by atoms with Crippen molar-refractivity contribution in [2.24, 2.45) is 0 Å². The lowest BCUT2D eigenvalue weighted by atomic mass is 10.1. The van der Waals surface area contributed by atoms with Crippen molar-refractivity contribution in [1.82, 2.24) is 0 Å². The minimum absolute atomic E-state index is 0.0718. The summed E-state index contributed by atoms with van der Waals surface area (Å²) in [5, 5.41) is 0. The predicted octanol–water partition coefficient (Wildman–Crippen LogP) is 7.84. The fourth-order valence-electron chi connectivity index (χ4n) is 3.47. The molecule has 0 aliphatic heterocycles. The summed E-state index contributed by atoms with van der Waals surface area (Å²) in [5.41, 5.74) is 7.46. The van der Waals surface area contributed by atoms with Crippen molar-refractivity contribution in [3.8, 4) is 0 Å². The van der Waals surface area contributed by atoms with Crippen LogP contribution >= 0.6 is 0 Å². The van der Waals surface area contributed by atoms with Gasteiger partial charge in [-0.3, -0.25) is 4.79 Å². The second kappa shape index (κ2) is 9.27. The van der Waals surface area contributed by atoms with Gasteiger partial charge in [-0.2, -0.15) is 0 Å². The van der Waals surface area contributed by atoms with Gasteiger partial charge in [0.1, 0.15) is 0 Å². The minimum Gasteiger partial charge on any atom is -0.311 e. The first-order valence-electron chi connectivity index (χ1n) is 10.4. The van der Waals surface area contributed by atoms with E-state index in [0.29, 0.717) is 5.56 Å². The quantitative estimate of drug-likeness (QED) is 0.241. The van der Waals surface area contributed by atoms with E-state index in [9.17, 15) is 4.79 Å². The summed E-state index contributed by atoms with van der Waals surface area (Å²) < 4.78 is 0. The van der Waals surface area contributed by atoms with Gasteiger partial charge in [0.05, 0.1) is 0 Å². The van der Waals surface area contributed by atoms with Gasteiger partial charge in [0, 0.05) is 22.6 Å². The molecule has 0 bridgehead atoms. The Kier molecular flexibility index (Phi) is 6.09. The molecule has 0 saturated heterocycles. The normalized spacial score (nSPS) is 10.9. The number of hydrogen-bond acceptors (Lipinski definition) is 2. The van der Waals surface area contributed by atoms with Crippen LogP contribution in [-0.4, -0.2) is 5.78 Å². The number of benzene rings is 4. The van der Waals surface area contributed by atoms with E-state index in [2.05, 4.69) is 84.6 Å². The van der Waals surface area contributed by atoms with Crippen LogP contribution in [0.5, 0.6) is 0 Å². The van der Waals surface area contributed by atoms with Gasteiger partial charge in [-0.25, -0.2) is 0 Å². The van der Waals surface area contributed by atoms with Crippen LogP contribution in [0.15, 0.2) is 103 Å². The molecule has 2 heteroatoms. The van der Waals surface area contributed by atoms with Gasteiger partial charge in [-0.15, -0.1) is 0 Å². The van der Waals surface area contributed by atoms with Crippen LogP contribution in [0, 0.1) is 6.92 Å². The van der Waals surface area contributed by atoms with Gasteiger partial charge in [0.25, 0.3) is 0 Å². The van der Waals surface area contributed by atoms with E-state index in [4.69, 9.17) is 0 Å². The van der Waals surface area contributed by atoms with Crippen molar-refractivity contribution in [3.05, 3.63) is 125 Å². The number of para-hydroxylation sites is 1. The topological polar surface area (TPSA) is 20.3 Å². The summed E-state index contributed by atoms with van der Waals surface area (Å²) in [4.78, 5) is 13.9. The van der Waals surface area contributed by atoms with Gasteiger partial charge < -0.3 is 4.90 Å². The van der Waals surface area contributed by atoms with Crippen LogP contribution in [0.3, 0.4) is 0 Å². The van der Waals surface area contributed by atoms with Gasteiger partial charge in [-0.05, 0) is 73.5 Å². The predicted molar refractivity (Wildman–Crippen MR) is 131 cm³/mol. The molecule has 4 aromatic carbocycles. The number of carbonyl (C=O) groups excluding carboxylic acids is 1. The Bertz CT molecular complexity index is 1170. The van der Waals surface area contributed by atoms with Crippen LogP contribution in [0.25, 0.3) is 12.2 Å². The molecule has 0 unspecified atom stereocenters. The van der Waals surface area contributed by atoms with Gasteiger partial charge in [0.15, 0.2) is 5.78 Å². The molecular formula is C29H25NO. The Morgan fingerprint density at radius 3 is 1.58 bits per heavy atom. The third-order valence-corrected chi connectivity index (χ3v) is 5.24. The average Bonchev–Trinajstić information content (AvgIpc) is 2.81. The number of carbonyl (C=O) groups is 1.